The second kappa shape index (κ2) is 16.0. The number of nitrogens with zero attached hydrogens (tertiary/aromatic N) is 1. The number of carbonyl (C=O) groups is 2. The van der Waals surface area contributed by atoms with Gasteiger partial charge in [0.05, 0.1) is 36.0 Å². The minimum absolute atomic E-state index is 0.167. The molecule has 0 aliphatic carbocycles. The van der Waals surface area contributed by atoms with Crippen molar-refractivity contribution in [3.63, 3.8) is 0 Å². The van der Waals surface area contributed by atoms with E-state index in [1.165, 1.54) is 7.11 Å². The summed E-state index contributed by atoms with van der Waals surface area (Å²) in [4.78, 5) is 24.7. The number of amides is 2. The summed E-state index contributed by atoms with van der Waals surface area (Å²) in [6, 6.07) is 21.8. The van der Waals surface area contributed by atoms with Crippen molar-refractivity contribution in [3.8, 4) is 17.2 Å². The van der Waals surface area contributed by atoms with E-state index in [-0.39, 0.29) is 12.2 Å². The maximum Gasteiger partial charge on any atom is 0.337 e. The largest absolute Gasteiger partial charge is 0.490 e. The molecule has 4 aromatic carbocycles. The molecule has 2 amide bonds. The topological polar surface area (TPSA) is 140 Å². The maximum atomic E-state index is 12.5. The second-order valence-electron chi connectivity index (χ2n) is 10.6. The number of carbonyl (C=O) groups excluding carboxylic acids is 2. The van der Waals surface area contributed by atoms with E-state index in [0.29, 0.717) is 47.3 Å². The van der Waals surface area contributed by atoms with Crippen LogP contribution >= 0.6 is 31.9 Å². The molecule has 1 aliphatic rings. The molecule has 4 aromatic rings. The third-order valence-corrected chi connectivity index (χ3v) is 8.44. The highest BCUT2D eigenvalue weighted by atomic mass is 79.9. The summed E-state index contributed by atoms with van der Waals surface area (Å²) in [6.07, 6.45) is 0.380. The molecule has 4 N–H and O–H groups in total. The predicted molar refractivity (Wildman–Crippen MR) is 189 cm³/mol. The zero-order valence-electron chi connectivity index (χ0n) is 26.4. The van der Waals surface area contributed by atoms with E-state index < -0.39 is 24.3 Å². The van der Waals surface area contributed by atoms with Gasteiger partial charge in [0.1, 0.15) is 19.0 Å². The van der Waals surface area contributed by atoms with Crippen molar-refractivity contribution in [1.82, 2.24) is 16.1 Å². The van der Waals surface area contributed by atoms with Gasteiger partial charge in [-0.25, -0.2) is 9.59 Å². The average molecular weight is 782 g/mol. The molecule has 1 aliphatic heterocycles. The highest BCUT2D eigenvalue weighted by Crippen LogP contribution is 2.35. The fourth-order valence-corrected chi connectivity index (χ4v) is 6.58. The number of aliphatic hydroxyl groups is 1. The van der Waals surface area contributed by atoms with Crippen LogP contribution in [0.15, 0.2) is 98.1 Å². The van der Waals surface area contributed by atoms with Gasteiger partial charge >= 0.3 is 12.0 Å². The van der Waals surface area contributed by atoms with E-state index in [4.69, 9.17) is 18.9 Å². The Labute approximate surface area is 294 Å². The zero-order chi connectivity index (χ0) is 34.2. The van der Waals surface area contributed by atoms with Gasteiger partial charge in [-0.3, -0.25) is 5.43 Å². The quantitative estimate of drug-likeness (QED) is 0.0525. The normalized spacial score (nSPS) is 15.1. The van der Waals surface area contributed by atoms with Gasteiger partial charge in [-0.2, -0.15) is 5.10 Å². The van der Waals surface area contributed by atoms with E-state index in [1.54, 1.807) is 31.3 Å². The van der Waals surface area contributed by atoms with Gasteiger partial charge in [0.2, 0.25) is 0 Å². The van der Waals surface area contributed by atoms with E-state index in [9.17, 15) is 14.7 Å². The van der Waals surface area contributed by atoms with Crippen LogP contribution in [0, 0.1) is 0 Å². The van der Waals surface area contributed by atoms with Crippen LogP contribution in [0.2, 0.25) is 0 Å². The van der Waals surface area contributed by atoms with Crippen LogP contribution < -0.4 is 30.3 Å². The first-order valence-electron chi connectivity index (χ1n) is 15.0. The van der Waals surface area contributed by atoms with Gasteiger partial charge in [0, 0.05) is 15.7 Å². The molecular formula is C35H34Br2N4O7. The number of methoxy groups -OCH3 is 1. The van der Waals surface area contributed by atoms with Crippen molar-refractivity contribution in [2.24, 2.45) is 5.10 Å². The average Bonchev–Trinajstić information content (AvgIpc) is 3.06. The van der Waals surface area contributed by atoms with Crippen molar-refractivity contribution in [3.05, 3.63) is 110 Å². The SMILES string of the molecule is CCOc1cc([C@H]2NC(=O)NC(C)=C2C(=O)OC)ccc1OC[C@@H](O)N/N=C/c1cc(Br)cc(Br)c1OCc1cccc2ccccc12. The first-order chi connectivity index (χ1) is 23.2. The molecule has 5 rings (SSSR count). The number of benzene rings is 4. The molecule has 0 bridgehead atoms. The van der Waals surface area contributed by atoms with Crippen LogP contribution in [-0.4, -0.2) is 49.9 Å². The highest BCUT2D eigenvalue weighted by Gasteiger charge is 2.32. The third-order valence-electron chi connectivity index (χ3n) is 7.39. The lowest BCUT2D eigenvalue weighted by Gasteiger charge is -2.28. The molecule has 48 heavy (non-hydrogen) atoms. The fourth-order valence-electron chi connectivity index (χ4n) is 5.21. The van der Waals surface area contributed by atoms with Gasteiger partial charge in [-0.15, -0.1) is 0 Å². The first-order valence-corrected chi connectivity index (χ1v) is 16.6. The van der Waals surface area contributed by atoms with Crippen LogP contribution in [-0.2, 0) is 16.1 Å². The van der Waals surface area contributed by atoms with E-state index in [2.05, 4.69) is 71.2 Å². The number of rotatable bonds is 13. The fraction of sp³-hybridized carbons (Fsp3) is 0.229. The molecule has 1 heterocycles. The molecule has 250 valence electrons. The molecule has 11 nitrogen and oxygen atoms in total. The molecule has 0 saturated carbocycles. The highest BCUT2D eigenvalue weighted by molar-refractivity contribution is 9.11. The first kappa shape index (κ1) is 34.7. The number of hydrazone groups is 1. The summed E-state index contributed by atoms with van der Waals surface area (Å²) in [5, 5.41) is 22.5. The minimum Gasteiger partial charge on any atom is -0.490 e. The number of halogens is 2. The third kappa shape index (κ3) is 8.27. The van der Waals surface area contributed by atoms with Crippen molar-refractivity contribution in [1.29, 1.82) is 0 Å². The Kier molecular flexibility index (Phi) is 11.6. The summed E-state index contributed by atoms with van der Waals surface area (Å²) >= 11 is 7.11. The van der Waals surface area contributed by atoms with Crippen LogP contribution in [0.25, 0.3) is 10.8 Å². The lowest BCUT2D eigenvalue weighted by Crippen LogP contribution is -2.45. The number of nitrogens with one attached hydrogen (secondary N) is 3. The van der Waals surface area contributed by atoms with Crippen LogP contribution in [0.3, 0.4) is 0 Å². The number of allylic oxidation sites excluding steroid dienone is 1. The summed E-state index contributed by atoms with van der Waals surface area (Å²) < 4.78 is 24.4. The van der Waals surface area contributed by atoms with Crippen molar-refractivity contribution >= 4 is 60.8 Å². The Balaban J connectivity index is 1.25. The van der Waals surface area contributed by atoms with Gasteiger partial charge in [0.15, 0.2) is 17.7 Å². The Hall–Kier alpha value is -4.59. The smallest absolute Gasteiger partial charge is 0.337 e. The Morgan fingerprint density at radius 3 is 2.62 bits per heavy atom. The Morgan fingerprint density at radius 1 is 1.04 bits per heavy atom. The maximum absolute atomic E-state index is 12.5. The van der Waals surface area contributed by atoms with Crippen LogP contribution in [0.1, 0.15) is 36.6 Å². The Bertz CT molecular complexity index is 1880. The van der Waals surface area contributed by atoms with Crippen LogP contribution in [0.5, 0.6) is 17.2 Å². The predicted octanol–water partition coefficient (Wildman–Crippen LogP) is 6.46. The molecule has 0 radical (unpaired) electrons. The lowest BCUT2D eigenvalue weighted by atomic mass is 9.95. The molecule has 0 saturated heterocycles. The zero-order valence-corrected chi connectivity index (χ0v) is 29.6. The van der Waals surface area contributed by atoms with Gasteiger partial charge < -0.3 is 34.7 Å². The van der Waals surface area contributed by atoms with Crippen molar-refractivity contribution in [2.45, 2.75) is 32.7 Å². The van der Waals surface area contributed by atoms with Crippen LogP contribution in [0.4, 0.5) is 4.79 Å². The summed E-state index contributed by atoms with van der Waals surface area (Å²) in [6.45, 7) is 3.95. The summed E-state index contributed by atoms with van der Waals surface area (Å²) in [7, 11) is 1.28. The minimum atomic E-state index is -1.17. The molecule has 0 aromatic heterocycles. The van der Waals surface area contributed by atoms with Gasteiger partial charge in [0.25, 0.3) is 0 Å². The standard InChI is InChI=1S/C35H34Br2N4O7/c1-4-46-29-15-22(32-31(34(43)45-3)20(2)39-35(44)40-32)12-13-28(29)47-19-30(42)41-38-17-24-14-25(36)16-27(37)33(24)48-18-23-10-7-9-21-8-5-6-11-26(21)23/h5-17,30,32,41-42H,4,18-19H2,1-3H3,(H2,39,40,44)/b38-17+/t30-,32-/m1/s1. The number of urea groups is 1. The number of ether oxygens (including phenoxy) is 4. The summed E-state index contributed by atoms with van der Waals surface area (Å²) in [5.41, 5.74) is 5.64. The monoisotopic (exact) mass is 780 g/mol. The number of hydrogen-bond donors (Lipinski definition) is 4. The van der Waals surface area contributed by atoms with E-state index in [0.717, 1.165) is 25.3 Å². The number of aliphatic hydroxyl groups excluding tert-OH is 1. The molecule has 0 spiro atoms. The molecule has 0 fully saturated rings. The second-order valence-corrected chi connectivity index (χ2v) is 12.4. The number of fused-ring (bicyclic) bond motifs is 1. The van der Waals surface area contributed by atoms with Gasteiger partial charge in [-0.1, -0.05) is 64.5 Å². The molecule has 0 unspecified atom stereocenters. The summed E-state index contributed by atoms with van der Waals surface area (Å²) in [5.74, 6) is 0.740. The number of hydrogen-bond acceptors (Lipinski definition) is 9. The Morgan fingerprint density at radius 2 is 1.83 bits per heavy atom. The number of esters is 1. The molecule has 13 heteroatoms. The van der Waals surface area contributed by atoms with Gasteiger partial charge in [-0.05, 0) is 75.9 Å². The molecular weight excluding hydrogens is 748 g/mol. The van der Waals surface area contributed by atoms with Crippen molar-refractivity contribution in [2.75, 3.05) is 20.3 Å². The molecule has 2 atom stereocenters. The lowest BCUT2D eigenvalue weighted by molar-refractivity contribution is -0.136. The van der Waals surface area contributed by atoms with Crippen molar-refractivity contribution < 1.29 is 33.6 Å². The van der Waals surface area contributed by atoms with E-state index >= 15 is 0 Å². The van der Waals surface area contributed by atoms with E-state index in [1.807, 2.05) is 43.3 Å².